The largest absolute Gasteiger partial charge is 0.390 e. The van der Waals surface area contributed by atoms with Crippen LogP contribution >= 0.6 is 0 Å². The van der Waals surface area contributed by atoms with Crippen LogP contribution in [0.5, 0.6) is 0 Å². The van der Waals surface area contributed by atoms with Crippen LogP contribution in [-0.2, 0) is 6.61 Å². The van der Waals surface area contributed by atoms with E-state index in [0.29, 0.717) is 0 Å². The highest BCUT2D eigenvalue weighted by atomic mass is 16.3. The van der Waals surface area contributed by atoms with Crippen LogP contribution < -0.4 is 10.6 Å². The average molecular weight is 163 g/mol. The maximum Gasteiger partial charge on any atom is 0.0831 e. The molecule has 2 nitrogen and oxygen atoms in total. The third kappa shape index (κ3) is 1.66. The van der Waals surface area contributed by atoms with Crippen molar-refractivity contribution in [3.8, 4) is 0 Å². The highest BCUT2D eigenvalue weighted by Crippen LogP contribution is 1.84. The second-order valence-electron chi connectivity index (χ2n) is 2.51. The molecule has 0 aliphatic rings. The van der Waals surface area contributed by atoms with Gasteiger partial charge < -0.3 is 10.1 Å². The van der Waals surface area contributed by atoms with E-state index in [-0.39, 0.29) is 6.61 Å². The topological polar surface area (TPSA) is 36.0 Å². The number of aliphatic hydroxyl groups is 1. The predicted octanol–water partition coefficient (Wildman–Crippen LogP) is 0.274. The Morgan fingerprint density at radius 3 is 2.92 bits per heavy atom. The van der Waals surface area contributed by atoms with Crippen molar-refractivity contribution in [3.05, 3.63) is 35.0 Å². The van der Waals surface area contributed by atoms with Crippen LogP contribution in [0, 0.1) is 0 Å². The SMILES string of the molecule is C=C/C=c1/cc(CO)[nH]/c1=C/C. The van der Waals surface area contributed by atoms with Crippen molar-refractivity contribution in [1.82, 2.24) is 4.98 Å². The van der Waals surface area contributed by atoms with E-state index in [1.807, 2.05) is 25.1 Å². The molecule has 0 atom stereocenters. The molecule has 0 spiro atoms. The summed E-state index contributed by atoms with van der Waals surface area (Å²) in [5, 5.41) is 10.9. The molecule has 0 amide bonds. The Hall–Kier alpha value is -1.28. The van der Waals surface area contributed by atoms with Gasteiger partial charge >= 0.3 is 0 Å². The summed E-state index contributed by atoms with van der Waals surface area (Å²) in [6, 6.07) is 1.91. The van der Waals surface area contributed by atoms with Gasteiger partial charge in [-0.15, -0.1) is 0 Å². The number of aliphatic hydroxyl groups excluding tert-OH is 1. The van der Waals surface area contributed by atoms with Gasteiger partial charge in [-0.1, -0.05) is 24.8 Å². The van der Waals surface area contributed by atoms with Gasteiger partial charge in [0.15, 0.2) is 0 Å². The predicted molar refractivity (Wildman–Crippen MR) is 50.8 cm³/mol. The number of hydrogen-bond acceptors (Lipinski definition) is 1. The Bertz CT molecular complexity index is 373. The van der Waals surface area contributed by atoms with Gasteiger partial charge in [0.05, 0.1) is 6.61 Å². The Morgan fingerprint density at radius 2 is 2.42 bits per heavy atom. The highest BCUT2D eigenvalue weighted by Gasteiger charge is 1.91. The average Bonchev–Trinajstić information content (AvgIpc) is 2.48. The zero-order chi connectivity index (χ0) is 8.97. The fourth-order valence-electron chi connectivity index (χ4n) is 1.14. The molecule has 1 heterocycles. The second kappa shape index (κ2) is 3.93. The molecule has 0 aliphatic carbocycles. The highest BCUT2D eigenvalue weighted by molar-refractivity contribution is 5.37. The fraction of sp³-hybridized carbons (Fsp3) is 0.200. The molecular weight excluding hydrogens is 150 g/mol. The van der Waals surface area contributed by atoms with Crippen molar-refractivity contribution >= 4 is 12.2 Å². The monoisotopic (exact) mass is 163 g/mol. The summed E-state index contributed by atoms with van der Waals surface area (Å²) in [6.07, 6.45) is 5.61. The van der Waals surface area contributed by atoms with E-state index < -0.39 is 0 Å². The van der Waals surface area contributed by atoms with Gasteiger partial charge in [0.25, 0.3) is 0 Å². The Labute approximate surface area is 71.6 Å². The molecule has 64 valence electrons. The second-order valence-corrected chi connectivity index (χ2v) is 2.51. The molecule has 0 bridgehead atoms. The lowest BCUT2D eigenvalue weighted by molar-refractivity contribution is 0.277. The summed E-state index contributed by atoms with van der Waals surface area (Å²) >= 11 is 0. The summed E-state index contributed by atoms with van der Waals surface area (Å²) in [5.41, 5.74) is 0.830. The van der Waals surface area contributed by atoms with Crippen molar-refractivity contribution in [2.45, 2.75) is 13.5 Å². The first-order valence-electron chi connectivity index (χ1n) is 3.89. The van der Waals surface area contributed by atoms with Gasteiger partial charge in [0, 0.05) is 11.0 Å². The Balaban J connectivity index is 3.37. The molecule has 0 aliphatic heterocycles. The van der Waals surface area contributed by atoms with Crippen molar-refractivity contribution < 1.29 is 5.11 Å². The smallest absolute Gasteiger partial charge is 0.0831 e. The minimum atomic E-state index is 0.0474. The number of allylic oxidation sites excluding steroid dienone is 1. The number of aromatic amines is 1. The molecule has 1 aromatic heterocycles. The lowest BCUT2D eigenvalue weighted by Gasteiger charge is -1.82. The summed E-state index contributed by atoms with van der Waals surface area (Å²) in [7, 11) is 0. The molecule has 0 unspecified atom stereocenters. The van der Waals surface area contributed by atoms with Crippen LogP contribution in [0.4, 0.5) is 0 Å². The van der Waals surface area contributed by atoms with E-state index >= 15 is 0 Å². The standard InChI is InChI=1S/C10H13NO/c1-3-5-8-6-9(7-12)11-10(8)4-2/h3-6,11-12H,1,7H2,2H3/b8-5-,10-4+. The van der Waals surface area contributed by atoms with Gasteiger partial charge in [0.1, 0.15) is 0 Å². The Morgan fingerprint density at radius 1 is 1.67 bits per heavy atom. The summed E-state index contributed by atoms with van der Waals surface area (Å²) < 4.78 is 0. The normalized spacial score (nSPS) is 13.8. The summed E-state index contributed by atoms with van der Waals surface area (Å²) in [5.74, 6) is 0. The molecule has 2 N–H and O–H groups in total. The first-order valence-corrected chi connectivity index (χ1v) is 3.89. The molecule has 12 heavy (non-hydrogen) atoms. The number of H-pyrrole nitrogens is 1. The molecular formula is C10H13NO. The molecule has 1 aromatic rings. The minimum absolute atomic E-state index is 0.0474. The third-order valence-corrected chi connectivity index (χ3v) is 1.69. The van der Waals surface area contributed by atoms with Crippen molar-refractivity contribution in [2.75, 3.05) is 0 Å². The van der Waals surface area contributed by atoms with Crippen LogP contribution in [0.2, 0.25) is 0 Å². The number of aromatic nitrogens is 1. The molecule has 0 saturated carbocycles. The lowest BCUT2D eigenvalue weighted by Crippen LogP contribution is -2.20. The fourth-order valence-corrected chi connectivity index (χ4v) is 1.14. The van der Waals surface area contributed by atoms with Crippen LogP contribution in [0.3, 0.4) is 0 Å². The molecule has 0 fully saturated rings. The van der Waals surface area contributed by atoms with E-state index in [2.05, 4.69) is 11.6 Å². The number of hydrogen-bond donors (Lipinski definition) is 2. The van der Waals surface area contributed by atoms with Crippen molar-refractivity contribution in [1.29, 1.82) is 0 Å². The van der Waals surface area contributed by atoms with E-state index in [0.717, 1.165) is 16.3 Å². The quantitative estimate of drug-likeness (QED) is 0.645. The number of rotatable bonds is 2. The minimum Gasteiger partial charge on any atom is -0.390 e. The number of nitrogens with one attached hydrogen (secondary N) is 1. The van der Waals surface area contributed by atoms with E-state index in [9.17, 15) is 0 Å². The van der Waals surface area contributed by atoms with Crippen molar-refractivity contribution in [3.63, 3.8) is 0 Å². The van der Waals surface area contributed by atoms with Gasteiger partial charge in [-0.05, 0) is 18.2 Å². The van der Waals surface area contributed by atoms with E-state index in [4.69, 9.17) is 5.11 Å². The first kappa shape index (κ1) is 8.81. The van der Waals surface area contributed by atoms with Crippen LogP contribution in [0.1, 0.15) is 12.6 Å². The van der Waals surface area contributed by atoms with Crippen molar-refractivity contribution in [2.24, 2.45) is 0 Å². The van der Waals surface area contributed by atoms with Crippen LogP contribution in [-0.4, -0.2) is 10.1 Å². The van der Waals surface area contributed by atoms with E-state index in [1.165, 1.54) is 0 Å². The van der Waals surface area contributed by atoms with E-state index in [1.54, 1.807) is 6.08 Å². The zero-order valence-electron chi connectivity index (χ0n) is 7.17. The Kier molecular flexibility index (Phi) is 2.88. The molecule has 1 rings (SSSR count). The van der Waals surface area contributed by atoms with Crippen LogP contribution in [0.15, 0.2) is 18.7 Å². The van der Waals surface area contributed by atoms with Gasteiger partial charge in [0.2, 0.25) is 0 Å². The van der Waals surface area contributed by atoms with Gasteiger partial charge in [-0.25, -0.2) is 0 Å². The van der Waals surface area contributed by atoms with Gasteiger partial charge in [-0.2, -0.15) is 0 Å². The molecule has 0 radical (unpaired) electrons. The molecule has 2 heteroatoms. The molecule has 0 saturated heterocycles. The third-order valence-electron chi connectivity index (χ3n) is 1.69. The first-order chi connectivity index (χ1) is 5.81. The lowest BCUT2D eigenvalue weighted by atomic mass is 10.3. The summed E-state index contributed by atoms with van der Waals surface area (Å²) in [4.78, 5) is 3.08. The molecule has 0 aromatic carbocycles. The van der Waals surface area contributed by atoms with Gasteiger partial charge in [-0.3, -0.25) is 0 Å². The maximum absolute atomic E-state index is 8.85. The summed E-state index contributed by atoms with van der Waals surface area (Å²) in [6.45, 7) is 5.62. The zero-order valence-corrected chi connectivity index (χ0v) is 7.17. The maximum atomic E-state index is 8.85. The van der Waals surface area contributed by atoms with Crippen LogP contribution in [0.25, 0.3) is 12.2 Å².